The Kier molecular flexibility index (Phi) is 8.47. The third-order valence-electron chi connectivity index (χ3n) is 9.77. The molecular formula is C35H47NO6. The quantitative estimate of drug-likeness (QED) is 0.281. The molecule has 1 saturated carbocycles. The first-order valence-corrected chi connectivity index (χ1v) is 15.7. The molecule has 1 saturated heterocycles. The number of carbonyl (C=O) groups excluding carboxylic acids is 2. The third kappa shape index (κ3) is 4.64. The minimum Gasteiger partial charge on any atom is -0.507 e. The van der Waals surface area contributed by atoms with Crippen molar-refractivity contribution in [1.82, 2.24) is 4.90 Å². The van der Waals surface area contributed by atoms with E-state index in [2.05, 4.69) is 18.7 Å². The van der Waals surface area contributed by atoms with Gasteiger partial charge in [-0.2, -0.15) is 0 Å². The number of unbranched alkanes of at least 4 members (excludes halogenated alkanes) is 2. The lowest BCUT2D eigenvalue weighted by Gasteiger charge is -2.59. The van der Waals surface area contributed by atoms with Gasteiger partial charge in [0.15, 0.2) is 22.8 Å². The standard InChI is InChI=1S/C35H47NO6/c1-7-9-15-36(16-10-8-2)19-25-24-17-26-31(39)30-29(38)18-28(37)23(12-11-21(3)4)32(30)42-35(26)27(25)20-41-34(35,33(24)40)14-13-22(5)6/h11,13,17-18,24-25,27,37-38H,7-10,12,14-16,19-20H2,1-6H3/t24-,25+,27-,34?,35-/m1/s1. The largest absolute Gasteiger partial charge is 0.507 e. The second-order valence-electron chi connectivity index (χ2n) is 13.1. The number of Topliss-reactive ketones (excluding diaryl/α,β-unsaturated/α-hetero) is 2. The molecule has 42 heavy (non-hydrogen) atoms. The number of benzene rings is 1. The van der Waals surface area contributed by atoms with Gasteiger partial charge in [0, 0.05) is 42.0 Å². The predicted octanol–water partition coefficient (Wildman–Crippen LogP) is 6.32. The Bertz CT molecular complexity index is 1340. The van der Waals surface area contributed by atoms with Gasteiger partial charge in [-0.1, -0.05) is 56.1 Å². The van der Waals surface area contributed by atoms with E-state index in [1.54, 1.807) is 0 Å². The van der Waals surface area contributed by atoms with Crippen LogP contribution in [-0.2, 0) is 16.0 Å². The van der Waals surface area contributed by atoms with Crippen molar-refractivity contribution in [3.8, 4) is 17.2 Å². The Labute approximate surface area is 250 Å². The fourth-order valence-corrected chi connectivity index (χ4v) is 7.59. The topological polar surface area (TPSA) is 96.3 Å². The average molecular weight is 578 g/mol. The van der Waals surface area contributed by atoms with E-state index in [9.17, 15) is 19.8 Å². The summed E-state index contributed by atoms with van der Waals surface area (Å²) in [5.41, 5.74) is 0.336. The molecule has 3 aliphatic carbocycles. The summed E-state index contributed by atoms with van der Waals surface area (Å²) in [6.45, 7) is 15.3. The summed E-state index contributed by atoms with van der Waals surface area (Å²) in [5, 5.41) is 21.9. The summed E-state index contributed by atoms with van der Waals surface area (Å²) in [6, 6.07) is 1.23. The van der Waals surface area contributed by atoms with Crippen molar-refractivity contribution >= 4 is 11.6 Å². The van der Waals surface area contributed by atoms with Crippen molar-refractivity contribution in [2.45, 2.75) is 91.3 Å². The van der Waals surface area contributed by atoms with Crippen LogP contribution in [0.15, 0.2) is 41.0 Å². The lowest BCUT2D eigenvalue weighted by molar-refractivity contribution is -0.171. The van der Waals surface area contributed by atoms with E-state index in [1.165, 1.54) is 6.07 Å². The summed E-state index contributed by atoms with van der Waals surface area (Å²) in [6.07, 6.45) is 10.8. The number of ether oxygens (including phenoxy) is 2. The van der Waals surface area contributed by atoms with E-state index in [0.717, 1.165) is 56.5 Å². The molecule has 1 aromatic rings. The summed E-state index contributed by atoms with van der Waals surface area (Å²) >= 11 is 0. The first-order chi connectivity index (χ1) is 20.0. The van der Waals surface area contributed by atoms with Crippen LogP contribution in [0.2, 0.25) is 0 Å². The van der Waals surface area contributed by atoms with Crippen molar-refractivity contribution in [2.24, 2.45) is 17.8 Å². The summed E-state index contributed by atoms with van der Waals surface area (Å²) < 4.78 is 13.6. The number of hydrogen-bond donors (Lipinski definition) is 2. The highest BCUT2D eigenvalue weighted by atomic mass is 16.6. The molecule has 2 aliphatic heterocycles. The Balaban J connectivity index is 1.69. The number of rotatable bonds is 12. The van der Waals surface area contributed by atoms with Gasteiger partial charge in [-0.15, -0.1) is 0 Å². The van der Waals surface area contributed by atoms with Gasteiger partial charge < -0.3 is 24.6 Å². The first kappa shape index (κ1) is 30.6. The predicted molar refractivity (Wildman–Crippen MR) is 163 cm³/mol. The maximum atomic E-state index is 14.6. The molecule has 1 spiro atoms. The molecule has 228 valence electrons. The van der Waals surface area contributed by atoms with Crippen molar-refractivity contribution < 1.29 is 29.3 Å². The zero-order valence-electron chi connectivity index (χ0n) is 26.1. The molecule has 6 rings (SSSR count). The number of ketones is 2. The highest BCUT2D eigenvalue weighted by Gasteiger charge is 2.79. The van der Waals surface area contributed by atoms with Crippen LogP contribution in [0, 0.1) is 17.8 Å². The van der Waals surface area contributed by atoms with E-state index in [0.29, 0.717) is 30.6 Å². The maximum Gasteiger partial charge on any atom is 0.200 e. The zero-order chi connectivity index (χ0) is 30.4. The van der Waals surface area contributed by atoms with Gasteiger partial charge in [0.2, 0.25) is 0 Å². The fourth-order valence-electron chi connectivity index (χ4n) is 7.59. The molecule has 2 fully saturated rings. The number of carbonyl (C=O) groups is 2. The minimum atomic E-state index is -1.35. The molecule has 4 bridgehead atoms. The minimum absolute atomic E-state index is 0.0279. The van der Waals surface area contributed by atoms with Crippen molar-refractivity contribution in [1.29, 1.82) is 0 Å². The molecular weight excluding hydrogens is 530 g/mol. The number of aromatic hydroxyl groups is 2. The Morgan fingerprint density at radius 2 is 1.69 bits per heavy atom. The second kappa shape index (κ2) is 11.6. The number of fused-ring (bicyclic) bond motifs is 1. The van der Waals surface area contributed by atoms with Gasteiger partial charge >= 0.3 is 0 Å². The average Bonchev–Trinajstić information content (AvgIpc) is 3.22. The van der Waals surface area contributed by atoms with Crippen molar-refractivity contribution in [2.75, 3.05) is 26.2 Å². The molecule has 2 heterocycles. The van der Waals surface area contributed by atoms with E-state index in [1.807, 2.05) is 45.9 Å². The Morgan fingerprint density at radius 1 is 1.02 bits per heavy atom. The van der Waals surface area contributed by atoms with Crippen molar-refractivity contribution in [3.05, 3.63) is 52.1 Å². The van der Waals surface area contributed by atoms with Crippen LogP contribution in [-0.4, -0.2) is 64.1 Å². The summed E-state index contributed by atoms with van der Waals surface area (Å²) in [5.74, 6) is -1.41. The van der Waals surface area contributed by atoms with Gasteiger partial charge in [0.25, 0.3) is 0 Å². The highest BCUT2D eigenvalue weighted by Crippen LogP contribution is 2.65. The molecule has 0 radical (unpaired) electrons. The molecule has 1 unspecified atom stereocenters. The number of phenols is 2. The number of allylic oxidation sites excluding steroid dienone is 4. The Morgan fingerprint density at radius 3 is 2.31 bits per heavy atom. The van der Waals surface area contributed by atoms with E-state index in [4.69, 9.17) is 9.47 Å². The van der Waals surface area contributed by atoms with Crippen LogP contribution < -0.4 is 4.74 Å². The highest BCUT2D eigenvalue weighted by molar-refractivity contribution is 6.18. The van der Waals surface area contributed by atoms with Crippen LogP contribution >= 0.6 is 0 Å². The van der Waals surface area contributed by atoms with E-state index in [-0.39, 0.29) is 46.2 Å². The molecule has 1 aromatic carbocycles. The number of nitrogens with zero attached hydrogens (tertiary/aromatic N) is 1. The van der Waals surface area contributed by atoms with Crippen LogP contribution in [0.3, 0.4) is 0 Å². The third-order valence-corrected chi connectivity index (χ3v) is 9.77. The van der Waals surface area contributed by atoms with Gasteiger partial charge in [0.1, 0.15) is 22.8 Å². The number of hydrogen-bond acceptors (Lipinski definition) is 7. The summed E-state index contributed by atoms with van der Waals surface area (Å²) in [4.78, 5) is 31.4. The SMILES string of the molecule is CCCCN(CCCC)C[C@@H]1[C@H]2COC3(CC=C(C)C)C(=O)[C@@H]1C=C1C(=O)c4c(O)cc(O)c(CC=C(C)C)c4O[C@]123. The second-order valence-corrected chi connectivity index (χ2v) is 13.1. The van der Waals surface area contributed by atoms with Gasteiger partial charge in [-0.25, -0.2) is 0 Å². The summed E-state index contributed by atoms with van der Waals surface area (Å²) in [7, 11) is 0. The fraction of sp³-hybridized carbons (Fsp3) is 0.600. The van der Waals surface area contributed by atoms with Crippen molar-refractivity contribution in [3.63, 3.8) is 0 Å². The molecule has 0 amide bonds. The van der Waals surface area contributed by atoms with Gasteiger partial charge in [0.05, 0.1) is 6.61 Å². The number of phenolic OH excluding ortho intramolecular Hbond substituents is 2. The van der Waals surface area contributed by atoms with Gasteiger partial charge in [-0.3, -0.25) is 9.59 Å². The normalized spacial score (nSPS) is 28.7. The van der Waals surface area contributed by atoms with E-state index < -0.39 is 17.1 Å². The van der Waals surface area contributed by atoms with E-state index >= 15 is 0 Å². The smallest absolute Gasteiger partial charge is 0.200 e. The van der Waals surface area contributed by atoms with Crippen LogP contribution in [0.25, 0.3) is 0 Å². The van der Waals surface area contributed by atoms with Crippen LogP contribution in [0.1, 0.15) is 89.6 Å². The lowest BCUT2D eigenvalue weighted by atomic mass is 9.49. The van der Waals surface area contributed by atoms with Gasteiger partial charge in [-0.05, 0) is 66.0 Å². The van der Waals surface area contributed by atoms with Crippen LogP contribution in [0.5, 0.6) is 17.2 Å². The molecule has 5 aliphatic rings. The maximum absolute atomic E-state index is 14.6. The molecule has 2 N–H and O–H groups in total. The molecule has 7 heteroatoms. The van der Waals surface area contributed by atoms with Crippen LogP contribution in [0.4, 0.5) is 0 Å². The monoisotopic (exact) mass is 577 g/mol. The lowest BCUT2D eigenvalue weighted by Crippen LogP contribution is -2.74. The zero-order valence-corrected chi connectivity index (χ0v) is 26.1. The Hall–Kier alpha value is -2.90. The first-order valence-electron chi connectivity index (χ1n) is 15.7. The molecule has 0 aromatic heterocycles. The molecule has 7 nitrogen and oxygen atoms in total. The molecule has 5 atom stereocenters.